The van der Waals surface area contributed by atoms with Gasteiger partial charge in [-0.15, -0.1) is 0 Å². The van der Waals surface area contributed by atoms with Crippen molar-refractivity contribution < 1.29 is 14.6 Å². The molecule has 0 spiro atoms. The smallest absolute Gasteiger partial charge is 0.334 e. The van der Waals surface area contributed by atoms with Gasteiger partial charge in [0.2, 0.25) is 0 Å². The molecule has 1 atom stereocenters. The average molecular weight is 477 g/mol. The lowest BCUT2D eigenvalue weighted by Crippen LogP contribution is -2.31. The second kappa shape index (κ2) is 20.1. The normalized spacial score (nSPS) is 18.0. The van der Waals surface area contributed by atoms with Crippen LogP contribution in [0.4, 0.5) is 0 Å². The lowest BCUT2D eigenvalue weighted by atomic mass is 9.82. The highest BCUT2D eigenvalue weighted by atomic mass is 16.5. The van der Waals surface area contributed by atoms with Crippen LogP contribution in [0.5, 0.6) is 0 Å². The quantitative estimate of drug-likeness (QED) is 0.125. The van der Waals surface area contributed by atoms with Gasteiger partial charge in [0.15, 0.2) is 0 Å². The van der Waals surface area contributed by atoms with Crippen molar-refractivity contribution in [3.8, 4) is 0 Å². The Morgan fingerprint density at radius 3 is 1.79 bits per heavy atom. The van der Waals surface area contributed by atoms with Gasteiger partial charge in [0.1, 0.15) is 0 Å². The maximum Gasteiger partial charge on any atom is 0.334 e. The van der Waals surface area contributed by atoms with Crippen LogP contribution in [0, 0.1) is 0 Å². The highest BCUT2D eigenvalue weighted by molar-refractivity contribution is 5.89. The van der Waals surface area contributed by atoms with E-state index in [-0.39, 0.29) is 5.97 Å². The molecule has 1 N–H and O–H groups in total. The molecular weight excluding hydrogens is 420 g/mol. The van der Waals surface area contributed by atoms with Crippen LogP contribution in [0.15, 0.2) is 23.3 Å². The monoisotopic (exact) mass is 476 g/mol. The summed E-state index contributed by atoms with van der Waals surface area (Å²) in [6.45, 7) is 7.07. The molecule has 0 saturated heterocycles. The fourth-order valence-corrected chi connectivity index (χ4v) is 4.90. The molecule has 0 saturated carbocycles. The van der Waals surface area contributed by atoms with Crippen molar-refractivity contribution >= 4 is 5.97 Å². The van der Waals surface area contributed by atoms with Crippen LogP contribution >= 0.6 is 0 Å². The molecule has 1 aliphatic carbocycles. The van der Waals surface area contributed by atoms with Gasteiger partial charge in [0.25, 0.3) is 0 Å². The van der Waals surface area contributed by atoms with Crippen LogP contribution in [0.1, 0.15) is 156 Å². The van der Waals surface area contributed by atoms with E-state index in [0.29, 0.717) is 25.0 Å². The number of aliphatic hydroxyl groups is 1. The Balaban J connectivity index is 2.15. The van der Waals surface area contributed by atoms with Gasteiger partial charge in [0, 0.05) is 12.0 Å². The molecule has 0 radical (unpaired) electrons. The average Bonchev–Trinajstić information content (AvgIpc) is 2.83. The van der Waals surface area contributed by atoms with E-state index in [2.05, 4.69) is 20.8 Å². The molecule has 198 valence electrons. The molecule has 1 aliphatic rings. The number of hydrogen-bond donors (Lipinski definition) is 1. The first kappa shape index (κ1) is 30.9. The van der Waals surface area contributed by atoms with Crippen molar-refractivity contribution in [2.45, 2.75) is 161 Å². The van der Waals surface area contributed by atoms with Gasteiger partial charge in [-0.1, -0.05) is 124 Å². The zero-order valence-electron chi connectivity index (χ0n) is 23.0. The number of carbonyl (C=O) groups is 1. The van der Waals surface area contributed by atoms with Crippen LogP contribution < -0.4 is 0 Å². The largest absolute Gasteiger partial charge is 0.462 e. The van der Waals surface area contributed by atoms with Crippen LogP contribution in [0.2, 0.25) is 0 Å². The summed E-state index contributed by atoms with van der Waals surface area (Å²) >= 11 is 0. The Morgan fingerprint density at radius 2 is 1.26 bits per heavy atom. The van der Waals surface area contributed by atoms with E-state index in [0.717, 1.165) is 50.5 Å². The molecule has 0 amide bonds. The first-order valence-corrected chi connectivity index (χ1v) is 14.9. The maximum atomic E-state index is 12.7. The van der Waals surface area contributed by atoms with E-state index < -0.39 is 5.60 Å². The van der Waals surface area contributed by atoms with Gasteiger partial charge in [-0.3, -0.25) is 0 Å². The molecular formula is C31H56O3. The van der Waals surface area contributed by atoms with Crippen LogP contribution in [-0.2, 0) is 9.53 Å². The number of hydrogen-bond acceptors (Lipinski definition) is 3. The minimum Gasteiger partial charge on any atom is -0.462 e. The third kappa shape index (κ3) is 15.0. The van der Waals surface area contributed by atoms with Crippen molar-refractivity contribution in [3.63, 3.8) is 0 Å². The van der Waals surface area contributed by atoms with E-state index in [1.54, 1.807) is 0 Å². The third-order valence-electron chi connectivity index (χ3n) is 7.09. The molecule has 1 rings (SSSR count). The molecule has 0 aliphatic heterocycles. The number of ether oxygens (including phenoxy) is 1. The predicted octanol–water partition coefficient (Wildman–Crippen LogP) is 9.38. The van der Waals surface area contributed by atoms with Gasteiger partial charge < -0.3 is 9.84 Å². The van der Waals surface area contributed by atoms with Crippen molar-refractivity contribution in [2.75, 3.05) is 6.61 Å². The van der Waals surface area contributed by atoms with Crippen LogP contribution in [0.3, 0.4) is 0 Å². The predicted molar refractivity (Wildman–Crippen MR) is 146 cm³/mol. The molecule has 0 aromatic heterocycles. The molecule has 0 bridgehead atoms. The number of rotatable bonds is 22. The lowest BCUT2D eigenvalue weighted by Gasteiger charge is -2.30. The van der Waals surface area contributed by atoms with Crippen molar-refractivity contribution in [2.24, 2.45) is 0 Å². The van der Waals surface area contributed by atoms with Crippen LogP contribution in [-0.4, -0.2) is 23.3 Å². The van der Waals surface area contributed by atoms with Gasteiger partial charge in [0.05, 0.1) is 12.2 Å². The summed E-state index contributed by atoms with van der Waals surface area (Å²) in [5.74, 6) is -0.230. The summed E-state index contributed by atoms with van der Waals surface area (Å²) in [5.41, 5.74) is 0.852. The molecule has 3 nitrogen and oxygen atoms in total. The summed E-state index contributed by atoms with van der Waals surface area (Å²) < 4.78 is 5.59. The van der Waals surface area contributed by atoms with E-state index in [9.17, 15) is 9.90 Å². The SMILES string of the molecule is CCCCCCCCCCCCCCCCOC(=O)C1=CC(CCCC)=CC(O)(CCCC)C1. The highest BCUT2D eigenvalue weighted by Gasteiger charge is 2.31. The first-order chi connectivity index (χ1) is 16.5. The summed E-state index contributed by atoms with van der Waals surface area (Å²) in [6.07, 6.45) is 28.7. The van der Waals surface area contributed by atoms with Crippen molar-refractivity contribution in [1.29, 1.82) is 0 Å². The number of allylic oxidation sites excluding steroid dienone is 2. The maximum absolute atomic E-state index is 12.7. The molecule has 0 aromatic carbocycles. The summed E-state index contributed by atoms with van der Waals surface area (Å²) in [6, 6.07) is 0. The Bertz CT molecular complexity index is 577. The van der Waals surface area contributed by atoms with Gasteiger partial charge in [-0.05, 0) is 43.4 Å². The van der Waals surface area contributed by atoms with Crippen molar-refractivity contribution in [1.82, 2.24) is 0 Å². The molecule has 1 unspecified atom stereocenters. The Hall–Kier alpha value is -1.09. The number of carbonyl (C=O) groups excluding carboxylic acids is 1. The number of esters is 1. The van der Waals surface area contributed by atoms with E-state index >= 15 is 0 Å². The van der Waals surface area contributed by atoms with E-state index in [1.165, 1.54) is 77.0 Å². The van der Waals surface area contributed by atoms with Crippen LogP contribution in [0.25, 0.3) is 0 Å². The third-order valence-corrected chi connectivity index (χ3v) is 7.09. The molecule has 3 heteroatoms. The van der Waals surface area contributed by atoms with Gasteiger partial charge in [-0.2, -0.15) is 0 Å². The zero-order valence-corrected chi connectivity index (χ0v) is 23.0. The molecule has 34 heavy (non-hydrogen) atoms. The first-order valence-electron chi connectivity index (χ1n) is 14.9. The molecule has 0 aromatic rings. The highest BCUT2D eigenvalue weighted by Crippen LogP contribution is 2.33. The standard InChI is InChI=1S/C31H56O3/c1-4-7-10-11-12-13-14-15-16-17-18-19-20-21-24-34-30(32)29-25-28(22-8-5-2)26-31(33,27-29)23-9-6-3/h25-26,33H,4-24,27H2,1-3H3. The van der Waals surface area contributed by atoms with Gasteiger partial charge >= 0.3 is 5.97 Å². The summed E-state index contributed by atoms with van der Waals surface area (Å²) in [7, 11) is 0. The summed E-state index contributed by atoms with van der Waals surface area (Å²) in [5, 5.41) is 11.1. The fraction of sp³-hybridized carbons (Fsp3) is 0.839. The van der Waals surface area contributed by atoms with Gasteiger partial charge in [-0.25, -0.2) is 4.79 Å². The van der Waals surface area contributed by atoms with E-state index in [4.69, 9.17) is 4.74 Å². The topological polar surface area (TPSA) is 46.5 Å². The Morgan fingerprint density at radius 1 is 0.765 bits per heavy atom. The van der Waals surface area contributed by atoms with Crippen molar-refractivity contribution in [3.05, 3.63) is 23.3 Å². The minimum atomic E-state index is -0.892. The second-order valence-electron chi connectivity index (χ2n) is 10.6. The minimum absolute atomic E-state index is 0.230. The fourth-order valence-electron chi connectivity index (χ4n) is 4.90. The lowest BCUT2D eigenvalue weighted by molar-refractivity contribution is -0.140. The number of unbranched alkanes of at least 4 members (excludes halogenated alkanes) is 15. The van der Waals surface area contributed by atoms with E-state index in [1.807, 2.05) is 12.2 Å². The molecule has 0 heterocycles. The second-order valence-corrected chi connectivity index (χ2v) is 10.6. The Kier molecular flexibility index (Phi) is 18.3. The molecule has 0 fully saturated rings. The summed E-state index contributed by atoms with van der Waals surface area (Å²) in [4.78, 5) is 12.7. The Labute approximate surface area is 211 Å². The zero-order chi connectivity index (χ0) is 24.9.